The van der Waals surface area contributed by atoms with Crippen molar-refractivity contribution in [1.82, 2.24) is 4.90 Å². The number of hydrogen-bond acceptors (Lipinski definition) is 2. The van der Waals surface area contributed by atoms with E-state index in [9.17, 15) is 18.4 Å². The minimum absolute atomic E-state index is 0.0652. The lowest BCUT2D eigenvalue weighted by molar-refractivity contribution is -0.123. The lowest BCUT2D eigenvalue weighted by atomic mass is 9.98. The molecule has 0 aliphatic carbocycles. The molecule has 6 heteroatoms. The highest BCUT2D eigenvalue weighted by atomic mass is 19.1. The first-order valence-corrected chi connectivity index (χ1v) is 9.06. The molecule has 2 atom stereocenters. The van der Waals surface area contributed by atoms with Gasteiger partial charge < -0.3 is 10.6 Å². The van der Waals surface area contributed by atoms with Crippen LogP contribution in [-0.4, -0.2) is 16.7 Å². The molecule has 148 valence electrons. The van der Waals surface area contributed by atoms with Crippen LogP contribution in [0.2, 0.25) is 0 Å². The molecule has 0 saturated heterocycles. The Labute approximate surface area is 167 Å². The first-order valence-electron chi connectivity index (χ1n) is 9.06. The maximum absolute atomic E-state index is 13.8. The highest BCUT2D eigenvalue weighted by Crippen LogP contribution is 2.32. The van der Waals surface area contributed by atoms with Gasteiger partial charge in [-0.3, -0.25) is 9.59 Å². The Morgan fingerprint density at radius 2 is 1.41 bits per heavy atom. The molecule has 29 heavy (non-hydrogen) atoms. The van der Waals surface area contributed by atoms with Gasteiger partial charge in [0.2, 0.25) is 5.91 Å². The normalized spacial score (nSPS) is 12.8. The Balaban J connectivity index is 2.14. The van der Waals surface area contributed by atoms with Crippen molar-refractivity contribution < 1.29 is 18.4 Å². The molecule has 0 aliphatic heterocycles. The van der Waals surface area contributed by atoms with Crippen molar-refractivity contribution in [2.45, 2.75) is 19.0 Å². The lowest BCUT2D eigenvalue weighted by Crippen LogP contribution is -2.43. The Morgan fingerprint density at radius 3 is 2.00 bits per heavy atom. The fraction of sp³-hybridized carbons (Fsp3) is 0.130. The topological polar surface area (TPSA) is 63.4 Å². The number of rotatable bonds is 6. The van der Waals surface area contributed by atoms with E-state index in [1.54, 1.807) is 43.3 Å². The van der Waals surface area contributed by atoms with Crippen LogP contribution in [0.1, 0.15) is 40.5 Å². The second kappa shape index (κ2) is 8.65. The van der Waals surface area contributed by atoms with Gasteiger partial charge in [-0.15, -0.1) is 0 Å². The van der Waals surface area contributed by atoms with E-state index in [1.807, 2.05) is 0 Å². The molecule has 3 rings (SSSR count). The summed E-state index contributed by atoms with van der Waals surface area (Å²) in [7, 11) is 0. The maximum atomic E-state index is 13.8. The fourth-order valence-electron chi connectivity index (χ4n) is 3.31. The third kappa shape index (κ3) is 4.48. The molecule has 0 fully saturated rings. The van der Waals surface area contributed by atoms with Gasteiger partial charge in [0, 0.05) is 5.56 Å². The standard InChI is InChI=1S/C23H20F2N2O2/c1-15(17-9-5-11-19(24)13-17)27(23(29)18-10-6-12-20(25)14-18)21(22(26)28)16-7-3-2-4-8-16/h2-15,21H,1H3,(H2,26,28)/t15-,21+/m1/s1. The number of primary amides is 1. The molecule has 0 bridgehead atoms. The average molecular weight is 394 g/mol. The van der Waals surface area contributed by atoms with Crippen LogP contribution in [0.4, 0.5) is 8.78 Å². The van der Waals surface area contributed by atoms with E-state index in [0.29, 0.717) is 11.1 Å². The molecule has 3 aromatic rings. The molecule has 3 aromatic carbocycles. The molecular weight excluding hydrogens is 374 g/mol. The monoisotopic (exact) mass is 394 g/mol. The molecule has 0 saturated carbocycles. The van der Waals surface area contributed by atoms with E-state index in [1.165, 1.54) is 41.3 Å². The molecule has 0 aromatic heterocycles. The molecule has 0 spiro atoms. The van der Waals surface area contributed by atoms with Crippen molar-refractivity contribution >= 4 is 11.8 Å². The van der Waals surface area contributed by atoms with E-state index < -0.39 is 35.5 Å². The summed E-state index contributed by atoms with van der Waals surface area (Å²) in [6.07, 6.45) is 0. The maximum Gasteiger partial charge on any atom is 0.255 e. The Hall–Kier alpha value is -3.54. The van der Waals surface area contributed by atoms with Crippen molar-refractivity contribution in [2.75, 3.05) is 0 Å². The third-order valence-electron chi connectivity index (χ3n) is 4.72. The molecule has 2 N–H and O–H groups in total. The Kier molecular flexibility index (Phi) is 6.02. The summed E-state index contributed by atoms with van der Waals surface area (Å²) in [5, 5.41) is 0. The van der Waals surface area contributed by atoms with Crippen LogP contribution in [0, 0.1) is 11.6 Å². The number of amides is 2. The van der Waals surface area contributed by atoms with Crippen molar-refractivity contribution in [3.8, 4) is 0 Å². The smallest absolute Gasteiger partial charge is 0.255 e. The van der Waals surface area contributed by atoms with Gasteiger partial charge in [0.1, 0.15) is 17.7 Å². The van der Waals surface area contributed by atoms with Crippen LogP contribution in [0.15, 0.2) is 78.9 Å². The summed E-state index contributed by atoms with van der Waals surface area (Å²) in [6, 6.07) is 17.7. The second-order valence-electron chi connectivity index (χ2n) is 6.67. The van der Waals surface area contributed by atoms with Crippen molar-refractivity contribution in [3.05, 3.63) is 107 Å². The number of nitrogens with zero attached hydrogens (tertiary/aromatic N) is 1. The second-order valence-corrected chi connectivity index (χ2v) is 6.67. The molecule has 0 heterocycles. The zero-order valence-corrected chi connectivity index (χ0v) is 15.8. The van der Waals surface area contributed by atoms with Crippen molar-refractivity contribution in [2.24, 2.45) is 5.73 Å². The number of carbonyl (C=O) groups excluding carboxylic acids is 2. The van der Waals surface area contributed by atoms with Gasteiger partial charge in [-0.25, -0.2) is 8.78 Å². The summed E-state index contributed by atoms with van der Waals surface area (Å²) < 4.78 is 27.5. The molecule has 4 nitrogen and oxygen atoms in total. The Morgan fingerprint density at radius 1 is 0.828 bits per heavy atom. The van der Waals surface area contributed by atoms with Crippen LogP contribution in [0.3, 0.4) is 0 Å². The van der Waals surface area contributed by atoms with E-state index >= 15 is 0 Å². The van der Waals surface area contributed by atoms with E-state index in [0.717, 1.165) is 6.07 Å². The summed E-state index contributed by atoms with van der Waals surface area (Å²) >= 11 is 0. The predicted octanol–water partition coefficient (Wildman–Crippen LogP) is 4.39. The predicted molar refractivity (Wildman–Crippen MR) is 106 cm³/mol. The number of hydrogen-bond donors (Lipinski definition) is 1. The highest BCUT2D eigenvalue weighted by molar-refractivity contribution is 5.98. The zero-order chi connectivity index (χ0) is 21.0. The van der Waals surface area contributed by atoms with Gasteiger partial charge in [-0.2, -0.15) is 0 Å². The third-order valence-corrected chi connectivity index (χ3v) is 4.72. The minimum atomic E-state index is -1.12. The quantitative estimate of drug-likeness (QED) is 0.674. The number of benzene rings is 3. The van der Waals surface area contributed by atoms with Crippen LogP contribution >= 0.6 is 0 Å². The van der Waals surface area contributed by atoms with Crippen molar-refractivity contribution in [1.29, 1.82) is 0 Å². The summed E-state index contributed by atoms with van der Waals surface area (Å²) in [4.78, 5) is 27.1. The van der Waals surface area contributed by atoms with E-state index in [4.69, 9.17) is 5.73 Å². The van der Waals surface area contributed by atoms with Gasteiger partial charge in [0.15, 0.2) is 0 Å². The lowest BCUT2D eigenvalue weighted by Gasteiger charge is -2.35. The first-order chi connectivity index (χ1) is 13.9. The molecule has 2 amide bonds. The molecule has 0 aliphatic rings. The molecule has 0 radical (unpaired) electrons. The fourth-order valence-corrected chi connectivity index (χ4v) is 3.31. The van der Waals surface area contributed by atoms with Gasteiger partial charge in [0.05, 0.1) is 6.04 Å². The van der Waals surface area contributed by atoms with Crippen LogP contribution < -0.4 is 5.73 Å². The van der Waals surface area contributed by atoms with E-state index in [2.05, 4.69) is 0 Å². The van der Waals surface area contributed by atoms with Crippen molar-refractivity contribution in [3.63, 3.8) is 0 Å². The summed E-state index contributed by atoms with van der Waals surface area (Å²) in [6.45, 7) is 1.67. The first kappa shape index (κ1) is 20.2. The number of nitrogens with two attached hydrogens (primary N) is 1. The minimum Gasteiger partial charge on any atom is -0.368 e. The number of halogens is 2. The molecule has 0 unspecified atom stereocenters. The van der Waals surface area contributed by atoms with Gasteiger partial charge in [-0.05, 0) is 48.4 Å². The summed E-state index contributed by atoms with van der Waals surface area (Å²) in [5.41, 5.74) is 6.74. The SMILES string of the molecule is C[C@H](c1cccc(F)c1)N(C(=O)c1cccc(F)c1)[C@H](C(N)=O)c1ccccc1. The summed E-state index contributed by atoms with van der Waals surface area (Å²) in [5.74, 6) is -2.38. The zero-order valence-electron chi connectivity index (χ0n) is 15.8. The Bertz CT molecular complexity index is 1020. The van der Waals surface area contributed by atoms with Crippen LogP contribution in [0.25, 0.3) is 0 Å². The van der Waals surface area contributed by atoms with Crippen LogP contribution in [-0.2, 0) is 4.79 Å². The molecular formula is C23H20F2N2O2. The average Bonchev–Trinajstić information content (AvgIpc) is 2.71. The van der Waals surface area contributed by atoms with Crippen LogP contribution in [0.5, 0.6) is 0 Å². The highest BCUT2D eigenvalue weighted by Gasteiger charge is 2.34. The van der Waals surface area contributed by atoms with Gasteiger partial charge in [-0.1, -0.05) is 48.5 Å². The largest absolute Gasteiger partial charge is 0.368 e. The van der Waals surface area contributed by atoms with E-state index in [-0.39, 0.29) is 5.56 Å². The number of carbonyl (C=O) groups is 2. The van der Waals surface area contributed by atoms with Gasteiger partial charge >= 0.3 is 0 Å². The van der Waals surface area contributed by atoms with Gasteiger partial charge in [0.25, 0.3) is 5.91 Å².